The van der Waals surface area contributed by atoms with Crippen molar-refractivity contribution in [3.8, 4) is 11.1 Å². The van der Waals surface area contributed by atoms with Crippen molar-refractivity contribution >= 4 is 42.0 Å². The minimum absolute atomic E-state index is 0.443. The first-order valence-corrected chi connectivity index (χ1v) is 9.11. The average Bonchev–Trinajstić information content (AvgIpc) is 3.01. The predicted molar refractivity (Wildman–Crippen MR) is 101 cm³/mol. The Balaban J connectivity index is 0.000000868. The van der Waals surface area contributed by atoms with Crippen LogP contribution in [0.3, 0.4) is 0 Å². The third kappa shape index (κ3) is 6.89. The summed E-state index contributed by atoms with van der Waals surface area (Å²) in [7, 11) is 1.77. The lowest BCUT2D eigenvalue weighted by Crippen LogP contribution is -2.29. The fourth-order valence-electron chi connectivity index (χ4n) is 1.67. The molecule has 23 heavy (non-hydrogen) atoms. The van der Waals surface area contributed by atoms with Crippen molar-refractivity contribution in [3.63, 3.8) is 0 Å². The van der Waals surface area contributed by atoms with Gasteiger partial charge in [-0.1, -0.05) is 38.1 Å². The molecule has 2 rings (SSSR count). The van der Waals surface area contributed by atoms with E-state index < -0.39 is 7.12 Å². The number of hydrogen-bond acceptors (Lipinski definition) is 6. The lowest BCUT2D eigenvalue weighted by atomic mass is 9.79. The second-order valence-corrected chi connectivity index (χ2v) is 6.24. The van der Waals surface area contributed by atoms with E-state index in [2.05, 4.69) is 4.74 Å². The van der Waals surface area contributed by atoms with Crippen LogP contribution < -0.4 is 5.46 Å². The molecule has 0 aliphatic heterocycles. The Hall–Kier alpha value is -1.12. The number of hydrogen-bond donors (Lipinski definition) is 2. The van der Waals surface area contributed by atoms with E-state index in [0.29, 0.717) is 10.3 Å². The maximum Gasteiger partial charge on any atom is 0.488 e. The molecule has 0 saturated carbocycles. The molecular weight excluding hydrogens is 331 g/mol. The Morgan fingerprint density at radius 3 is 2.30 bits per heavy atom. The van der Waals surface area contributed by atoms with Crippen LogP contribution in [0.5, 0.6) is 0 Å². The van der Waals surface area contributed by atoms with E-state index >= 15 is 0 Å². The molecule has 126 valence electrons. The van der Waals surface area contributed by atoms with Crippen LogP contribution in [0.1, 0.15) is 23.5 Å². The molecule has 0 saturated heterocycles. The first-order chi connectivity index (χ1) is 11.1. The van der Waals surface area contributed by atoms with Crippen molar-refractivity contribution in [1.82, 2.24) is 0 Å². The Morgan fingerprint density at radius 2 is 1.83 bits per heavy atom. The highest BCUT2D eigenvalue weighted by molar-refractivity contribution is 8.00. The number of benzene rings is 1. The molecule has 0 atom stereocenters. The molecule has 0 fully saturated rings. The van der Waals surface area contributed by atoms with E-state index in [1.54, 1.807) is 44.2 Å². The third-order valence-corrected chi connectivity index (χ3v) is 4.71. The molecule has 2 aromatic rings. The summed E-state index contributed by atoms with van der Waals surface area (Å²) in [5, 5.41) is 18.3. The van der Waals surface area contributed by atoms with Crippen LogP contribution >= 0.6 is 23.1 Å². The van der Waals surface area contributed by atoms with E-state index in [4.69, 9.17) is 10.0 Å². The Bertz CT molecular complexity index is 585. The molecule has 1 aromatic heterocycles. The fourth-order valence-corrected chi connectivity index (χ4v) is 3.41. The lowest BCUT2D eigenvalue weighted by Gasteiger charge is -2.04. The monoisotopic (exact) mass is 354 g/mol. The topological polar surface area (TPSA) is 66.8 Å². The first-order valence-electron chi connectivity index (χ1n) is 7.07. The Morgan fingerprint density at radius 1 is 1.22 bits per heavy atom. The van der Waals surface area contributed by atoms with Gasteiger partial charge in [0.25, 0.3) is 0 Å². The quantitative estimate of drug-likeness (QED) is 0.502. The first kappa shape index (κ1) is 21.9. The average molecular weight is 354 g/mol. The van der Waals surface area contributed by atoms with Gasteiger partial charge in [0.1, 0.15) is 0 Å². The van der Waals surface area contributed by atoms with Gasteiger partial charge in [0.15, 0.2) is 6.29 Å². The standard InChI is InChI=1S/C12H11BO3S2.C2H6O.C2H6/c1-17-12-11(6-10(7-14)18-12)8-3-2-4-9(5-8)13(15)16;1-3-2;1-2/h2-7,15-16H,1H3;1-2H3;1-2H3. The molecule has 1 heterocycles. The number of thiophene rings is 1. The Labute approximate surface area is 146 Å². The molecule has 4 nitrogen and oxygen atoms in total. The van der Waals surface area contributed by atoms with Gasteiger partial charge in [0.2, 0.25) is 0 Å². The zero-order valence-corrected chi connectivity index (χ0v) is 15.7. The summed E-state index contributed by atoms with van der Waals surface area (Å²) in [4.78, 5) is 11.5. The van der Waals surface area contributed by atoms with Crippen LogP contribution in [0.25, 0.3) is 11.1 Å². The third-order valence-electron chi connectivity index (χ3n) is 2.51. The number of rotatable bonds is 4. The largest absolute Gasteiger partial charge is 0.488 e. The van der Waals surface area contributed by atoms with Crippen molar-refractivity contribution in [2.24, 2.45) is 0 Å². The molecule has 7 heteroatoms. The van der Waals surface area contributed by atoms with Crippen molar-refractivity contribution < 1.29 is 19.6 Å². The van der Waals surface area contributed by atoms with Crippen LogP contribution in [0, 0.1) is 0 Å². The molecule has 0 bridgehead atoms. The van der Waals surface area contributed by atoms with Gasteiger partial charge < -0.3 is 14.8 Å². The smallest absolute Gasteiger partial charge is 0.423 e. The van der Waals surface area contributed by atoms with Crippen molar-refractivity contribution in [2.75, 3.05) is 20.5 Å². The number of aldehydes is 1. The minimum atomic E-state index is -1.48. The Kier molecular flexibility index (Phi) is 11.7. The van der Waals surface area contributed by atoms with Crippen LogP contribution in [0.2, 0.25) is 0 Å². The number of carbonyl (C=O) groups is 1. The van der Waals surface area contributed by atoms with Gasteiger partial charge in [-0.3, -0.25) is 4.79 Å². The zero-order chi connectivity index (χ0) is 17.8. The molecule has 0 unspecified atom stereocenters. The highest BCUT2D eigenvalue weighted by Gasteiger charge is 2.14. The number of ether oxygens (including phenoxy) is 1. The van der Waals surface area contributed by atoms with E-state index in [-0.39, 0.29) is 0 Å². The fraction of sp³-hybridized carbons (Fsp3) is 0.312. The molecule has 0 radical (unpaired) electrons. The predicted octanol–water partition coefficient (Wildman–Crippen LogP) is 2.92. The highest BCUT2D eigenvalue weighted by Crippen LogP contribution is 2.36. The van der Waals surface area contributed by atoms with Crippen molar-refractivity contribution in [2.45, 2.75) is 18.1 Å². The van der Waals surface area contributed by atoms with E-state index in [1.165, 1.54) is 11.3 Å². The molecule has 0 amide bonds. The normalized spacial score (nSPS) is 9.17. The van der Waals surface area contributed by atoms with Gasteiger partial charge in [-0.05, 0) is 23.3 Å². The molecule has 1 aromatic carbocycles. The number of carbonyl (C=O) groups excluding carboxylic acids is 1. The second kappa shape index (κ2) is 12.3. The molecule has 0 spiro atoms. The van der Waals surface area contributed by atoms with E-state index in [9.17, 15) is 4.79 Å². The van der Waals surface area contributed by atoms with Gasteiger partial charge in [-0.2, -0.15) is 0 Å². The number of thioether (sulfide) groups is 1. The van der Waals surface area contributed by atoms with Crippen LogP contribution in [-0.2, 0) is 4.74 Å². The highest BCUT2D eigenvalue weighted by atomic mass is 32.2. The van der Waals surface area contributed by atoms with Gasteiger partial charge in [-0.15, -0.1) is 23.1 Å². The maximum absolute atomic E-state index is 10.8. The van der Waals surface area contributed by atoms with E-state index in [0.717, 1.165) is 21.6 Å². The van der Waals surface area contributed by atoms with Crippen LogP contribution in [-0.4, -0.2) is 43.9 Å². The van der Waals surface area contributed by atoms with Crippen LogP contribution in [0.4, 0.5) is 0 Å². The maximum atomic E-state index is 10.8. The summed E-state index contributed by atoms with van der Waals surface area (Å²) in [5.41, 5.74) is 2.28. The summed E-state index contributed by atoms with van der Waals surface area (Å²) in [5.74, 6) is 0. The van der Waals surface area contributed by atoms with Crippen molar-refractivity contribution in [3.05, 3.63) is 35.2 Å². The minimum Gasteiger partial charge on any atom is -0.423 e. The summed E-state index contributed by atoms with van der Waals surface area (Å²) in [6, 6.07) is 8.86. The second-order valence-electron chi connectivity index (χ2n) is 4.08. The molecule has 0 aliphatic rings. The zero-order valence-electron chi connectivity index (χ0n) is 14.1. The van der Waals surface area contributed by atoms with Crippen molar-refractivity contribution in [1.29, 1.82) is 0 Å². The summed E-state index contributed by atoms with van der Waals surface area (Å²) in [6.45, 7) is 4.00. The van der Waals surface area contributed by atoms with Crippen LogP contribution in [0.15, 0.2) is 34.5 Å². The van der Waals surface area contributed by atoms with Gasteiger partial charge in [0.05, 0.1) is 9.09 Å². The van der Waals surface area contributed by atoms with Gasteiger partial charge in [0, 0.05) is 19.8 Å². The number of methoxy groups -OCH3 is 1. The lowest BCUT2D eigenvalue weighted by molar-refractivity contribution is 0.112. The van der Waals surface area contributed by atoms with Gasteiger partial charge in [-0.25, -0.2) is 0 Å². The van der Waals surface area contributed by atoms with Gasteiger partial charge >= 0.3 is 7.12 Å². The molecular formula is C16H23BO4S2. The summed E-state index contributed by atoms with van der Waals surface area (Å²) < 4.78 is 5.29. The summed E-state index contributed by atoms with van der Waals surface area (Å²) in [6.07, 6.45) is 2.79. The molecule has 0 aliphatic carbocycles. The SMILES string of the molecule is CC.COC.CSc1sc(C=O)cc1-c1cccc(B(O)O)c1. The summed E-state index contributed by atoms with van der Waals surface area (Å²) >= 11 is 3.01. The van der Waals surface area contributed by atoms with E-state index in [1.807, 2.05) is 32.2 Å². The molecule has 2 N–H and O–H groups in total.